The number of rotatable bonds is 3. The number of para-hydroxylation sites is 1. The van der Waals surface area contributed by atoms with Crippen LogP contribution in [-0.2, 0) is 9.59 Å². The lowest BCUT2D eigenvalue weighted by Gasteiger charge is -2.08. The Morgan fingerprint density at radius 2 is 2.00 bits per heavy atom. The van der Waals surface area contributed by atoms with E-state index in [1.54, 1.807) is 30.3 Å². The van der Waals surface area contributed by atoms with Crippen molar-refractivity contribution >= 4 is 27.9 Å². The van der Waals surface area contributed by atoms with E-state index in [2.05, 4.69) is 15.9 Å². The predicted molar refractivity (Wildman–Crippen MR) is 59.5 cm³/mol. The van der Waals surface area contributed by atoms with Crippen LogP contribution >= 0.6 is 15.9 Å². The zero-order chi connectivity index (χ0) is 11.8. The van der Waals surface area contributed by atoms with Gasteiger partial charge >= 0.3 is 11.9 Å². The Bertz CT molecular complexity index is 431. The summed E-state index contributed by atoms with van der Waals surface area (Å²) >= 11 is 3.12. The maximum Gasteiger partial charge on any atom is 0.329 e. The number of carbonyl (C=O) groups excluding carboxylic acids is 1. The van der Waals surface area contributed by atoms with E-state index in [4.69, 9.17) is 9.84 Å². The monoisotopic (exact) mass is 284 g/mol. The van der Waals surface area contributed by atoms with Gasteiger partial charge in [0.2, 0.25) is 0 Å². The molecule has 1 fully saturated rings. The summed E-state index contributed by atoms with van der Waals surface area (Å²) in [7, 11) is 0. The SMILES string of the molecule is O=C(O)C1CC1(Br)C(=O)Oc1ccccc1. The van der Waals surface area contributed by atoms with E-state index in [0.29, 0.717) is 5.75 Å². The van der Waals surface area contributed by atoms with Crippen LogP contribution in [0.5, 0.6) is 5.75 Å². The van der Waals surface area contributed by atoms with Gasteiger partial charge in [-0.3, -0.25) is 9.59 Å². The standard InChI is InChI=1S/C11H9BrO4/c12-11(6-8(11)9(13)14)10(15)16-7-4-2-1-3-5-7/h1-5,8H,6H2,(H,13,14). The first-order chi connectivity index (χ1) is 7.54. The second-order valence-electron chi connectivity index (χ2n) is 3.66. The molecule has 0 heterocycles. The molecule has 0 aromatic heterocycles. The number of hydrogen-bond donors (Lipinski definition) is 1. The zero-order valence-corrected chi connectivity index (χ0v) is 9.81. The molecule has 1 saturated carbocycles. The molecule has 1 N–H and O–H groups in total. The van der Waals surface area contributed by atoms with Gasteiger partial charge in [0.15, 0.2) is 0 Å². The van der Waals surface area contributed by atoms with Crippen LogP contribution in [0.25, 0.3) is 0 Å². The maximum atomic E-state index is 11.7. The summed E-state index contributed by atoms with van der Waals surface area (Å²) < 4.78 is 4.03. The van der Waals surface area contributed by atoms with Crippen molar-refractivity contribution in [2.24, 2.45) is 5.92 Å². The van der Waals surface area contributed by atoms with Crippen molar-refractivity contribution in [3.63, 3.8) is 0 Å². The van der Waals surface area contributed by atoms with Crippen molar-refractivity contribution in [1.29, 1.82) is 0 Å². The Hall–Kier alpha value is -1.36. The molecule has 0 bridgehead atoms. The second-order valence-corrected chi connectivity index (χ2v) is 5.08. The van der Waals surface area contributed by atoms with E-state index >= 15 is 0 Å². The fourth-order valence-corrected chi connectivity index (χ4v) is 2.03. The van der Waals surface area contributed by atoms with E-state index in [1.165, 1.54) is 0 Å². The quantitative estimate of drug-likeness (QED) is 0.523. The minimum Gasteiger partial charge on any atom is -0.481 e. The molecular formula is C11H9BrO4. The first-order valence-electron chi connectivity index (χ1n) is 4.73. The number of aliphatic carboxylic acids is 1. The van der Waals surface area contributed by atoms with Crippen LogP contribution in [0.15, 0.2) is 30.3 Å². The summed E-state index contributed by atoms with van der Waals surface area (Å²) in [6, 6.07) is 8.58. The lowest BCUT2D eigenvalue weighted by molar-refractivity contribution is -0.142. The Balaban J connectivity index is 2.03. The van der Waals surface area contributed by atoms with E-state index in [0.717, 1.165) is 0 Å². The number of ether oxygens (including phenoxy) is 1. The lowest BCUT2D eigenvalue weighted by Crippen LogP contribution is -2.26. The predicted octanol–water partition coefficient (Wildman–Crippen LogP) is 1.83. The van der Waals surface area contributed by atoms with Gasteiger partial charge < -0.3 is 9.84 Å². The smallest absolute Gasteiger partial charge is 0.329 e. The topological polar surface area (TPSA) is 63.6 Å². The zero-order valence-electron chi connectivity index (χ0n) is 8.22. The summed E-state index contributed by atoms with van der Waals surface area (Å²) in [5, 5.41) is 8.77. The average molecular weight is 285 g/mol. The molecule has 2 rings (SSSR count). The molecule has 2 unspecified atom stereocenters. The van der Waals surface area contributed by atoms with Crippen molar-refractivity contribution in [3.05, 3.63) is 30.3 Å². The second kappa shape index (κ2) is 3.90. The molecule has 1 aliphatic rings. The van der Waals surface area contributed by atoms with Gasteiger partial charge in [-0.1, -0.05) is 34.1 Å². The Morgan fingerprint density at radius 3 is 2.50 bits per heavy atom. The molecule has 4 nitrogen and oxygen atoms in total. The molecule has 1 aromatic carbocycles. The molecule has 0 amide bonds. The molecular weight excluding hydrogens is 276 g/mol. The number of carboxylic acids is 1. The van der Waals surface area contributed by atoms with Crippen LogP contribution in [0.1, 0.15) is 6.42 Å². The third kappa shape index (κ3) is 1.95. The molecule has 1 aromatic rings. The van der Waals surface area contributed by atoms with Crippen molar-refractivity contribution in [2.45, 2.75) is 10.7 Å². The number of benzene rings is 1. The molecule has 0 aliphatic heterocycles. The van der Waals surface area contributed by atoms with Gasteiger partial charge in [0.25, 0.3) is 0 Å². The minimum absolute atomic E-state index is 0.272. The lowest BCUT2D eigenvalue weighted by atomic mass is 10.3. The number of alkyl halides is 1. The first-order valence-corrected chi connectivity index (χ1v) is 5.52. The average Bonchev–Trinajstić information content (AvgIpc) is 2.94. The van der Waals surface area contributed by atoms with Gasteiger partial charge in [-0.15, -0.1) is 0 Å². The van der Waals surface area contributed by atoms with Gasteiger partial charge in [0, 0.05) is 0 Å². The van der Waals surface area contributed by atoms with Gasteiger partial charge in [0.1, 0.15) is 10.1 Å². The third-order valence-corrected chi connectivity index (χ3v) is 3.68. The summed E-state index contributed by atoms with van der Waals surface area (Å²) in [5.74, 6) is -1.81. The number of carbonyl (C=O) groups is 2. The molecule has 1 aliphatic carbocycles. The molecule has 84 valence electrons. The number of hydrogen-bond acceptors (Lipinski definition) is 3. The van der Waals surface area contributed by atoms with Crippen molar-refractivity contribution in [1.82, 2.24) is 0 Å². The fourth-order valence-electron chi connectivity index (χ4n) is 1.43. The van der Waals surface area contributed by atoms with E-state index in [9.17, 15) is 9.59 Å². The van der Waals surface area contributed by atoms with Crippen LogP contribution in [0, 0.1) is 5.92 Å². The summed E-state index contributed by atoms with van der Waals surface area (Å²) in [6.07, 6.45) is 0.272. The highest BCUT2D eigenvalue weighted by Gasteiger charge is 2.64. The van der Waals surface area contributed by atoms with E-state index in [-0.39, 0.29) is 6.42 Å². The number of esters is 1. The molecule has 0 saturated heterocycles. The van der Waals surface area contributed by atoms with Crippen LogP contribution in [0.3, 0.4) is 0 Å². The van der Waals surface area contributed by atoms with Crippen molar-refractivity contribution in [3.8, 4) is 5.75 Å². The minimum atomic E-state index is -1.05. The van der Waals surface area contributed by atoms with Crippen molar-refractivity contribution in [2.75, 3.05) is 0 Å². The maximum absolute atomic E-state index is 11.7. The largest absolute Gasteiger partial charge is 0.481 e. The third-order valence-electron chi connectivity index (χ3n) is 2.48. The molecule has 5 heteroatoms. The fraction of sp³-hybridized carbons (Fsp3) is 0.273. The highest BCUT2D eigenvalue weighted by molar-refractivity contribution is 9.10. The van der Waals surface area contributed by atoms with E-state index < -0.39 is 22.2 Å². The Kier molecular flexibility index (Phi) is 2.71. The molecule has 0 spiro atoms. The normalized spacial score (nSPS) is 27.2. The van der Waals surface area contributed by atoms with Gasteiger partial charge in [-0.05, 0) is 18.6 Å². The highest BCUT2D eigenvalue weighted by atomic mass is 79.9. The van der Waals surface area contributed by atoms with Crippen LogP contribution in [0.2, 0.25) is 0 Å². The van der Waals surface area contributed by atoms with Crippen LogP contribution in [-0.4, -0.2) is 21.4 Å². The van der Waals surface area contributed by atoms with Gasteiger partial charge in [-0.2, -0.15) is 0 Å². The van der Waals surface area contributed by atoms with Crippen molar-refractivity contribution < 1.29 is 19.4 Å². The van der Waals surface area contributed by atoms with Gasteiger partial charge in [0.05, 0.1) is 5.92 Å². The highest BCUT2D eigenvalue weighted by Crippen LogP contribution is 2.52. The Labute approximate surface area is 100 Å². The Morgan fingerprint density at radius 1 is 1.38 bits per heavy atom. The molecule has 2 atom stereocenters. The first kappa shape index (κ1) is 11.1. The van der Waals surface area contributed by atoms with Crippen LogP contribution in [0.4, 0.5) is 0 Å². The summed E-state index contributed by atoms with van der Waals surface area (Å²) in [6.45, 7) is 0. The number of carboxylic acid groups (broad SMARTS) is 1. The van der Waals surface area contributed by atoms with Gasteiger partial charge in [-0.25, -0.2) is 0 Å². The van der Waals surface area contributed by atoms with E-state index in [1.807, 2.05) is 0 Å². The molecule has 0 radical (unpaired) electrons. The summed E-state index contributed by atoms with van der Waals surface area (Å²) in [5.41, 5.74) is 0. The molecule has 16 heavy (non-hydrogen) atoms. The number of halogens is 1. The van der Waals surface area contributed by atoms with Crippen LogP contribution < -0.4 is 4.74 Å². The summed E-state index contributed by atoms with van der Waals surface area (Å²) in [4.78, 5) is 22.4.